The van der Waals surface area contributed by atoms with Crippen LogP contribution in [-0.2, 0) is 0 Å². The summed E-state index contributed by atoms with van der Waals surface area (Å²) in [6.07, 6.45) is 6.10. The molecule has 0 amide bonds. The molecular formula is C18H24N2. The van der Waals surface area contributed by atoms with E-state index in [1.807, 2.05) is 12.4 Å². The van der Waals surface area contributed by atoms with Crippen molar-refractivity contribution in [2.45, 2.75) is 39.7 Å². The molecule has 0 spiro atoms. The van der Waals surface area contributed by atoms with Crippen molar-refractivity contribution in [2.75, 3.05) is 6.54 Å². The Balaban J connectivity index is 2.27. The quantitative estimate of drug-likeness (QED) is 0.834. The highest BCUT2D eigenvalue weighted by Crippen LogP contribution is 2.24. The number of pyridine rings is 1. The van der Waals surface area contributed by atoms with Crippen LogP contribution in [0.15, 0.2) is 42.7 Å². The molecule has 0 radical (unpaired) electrons. The zero-order valence-electron chi connectivity index (χ0n) is 12.7. The van der Waals surface area contributed by atoms with Crippen LogP contribution in [0.25, 0.3) is 11.1 Å². The predicted molar refractivity (Wildman–Crippen MR) is 85.7 cm³/mol. The van der Waals surface area contributed by atoms with Crippen molar-refractivity contribution in [1.82, 2.24) is 10.3 Å². The summed E-state index contributed by atoms with van der Waals surface area (Å²) in [6.45, 7) is 7.58. The molecule has 2 rings (SSSR count). The molecule has 0 saturated carbocycles. The summed E-state index contributed by atoms with van der Waals surface area (Å²) in [4.78, 5) is 4.29. The molecule has 0 fully saturated rings. The van der Waals surface area contributed by atoms with E-state index in [0.29, 0.717) is 6.04 Å². The molecule has 1 heterocycles. The largest absolute Gasteiger partial charge is 0.310 e. The standard InChI is InChI=1S/C18H24N2/c1-4-9-20-18(5-2)16-8-6-7-15(11-16)17-10-14(3)12-19-13-17/h6-8,10-13,18,20H,4-5,9H2,1-3H3. The minimum absolute atomic E-state index is 0.438. The average Bonchev–Trinajstić information content (AvgIpc) is 2.48. The highest BCUT2D eigenvalue weighted by Gasteiger charge is 2.09. The van der Waals surface area contributed by atoms with Crippen LogP contribution in [0.4, 0.5) is 0 Å². The predicted octanol–water partition coefficient (Wildman–Crippen LogP) is 4.51. The number of aromatic nitrogens is 1. The van der Waals surface area contributed by atoms with Gasteiger partial charge in [0.05, 0.1) is 0 Å². The Morgan fingerprint density at radius 2 is 1.95 bits per heavy atom. The molecule has 1 aromatic heterocycles. The Hall–Kier alpha value is -1.67. The van der Waals surface area contributed by atoms with Crippen LogP contribution >= 0.6 is 0 Å². The van der Waals surface area contributed by atoms with Gasteiger partial charge < -0.3 is 5.32 Å². The van der Waals surface area contributed by atoms with Crippen molar-refractivity contribution in [2.24, 2.45) is 0 Å². The number of benzene rings is 1. The van der Waals surface area contributed by atoms with Gasteiger partial charge in [0, 0.05) is 24.0 Å². The van der Waals surface area contributed by atoms with E-state index in [-0.39, 0.29) is 0 Å². The normalized spacial score (nSPS) is 12.3. The summed E-state index contributed by atoms with van der Waals surface area (Å²) in [6, 6.07) is 11.4. The van der Waals surface area contributed by atoms with Gasteiger partial charge in [-0.15, -0.1) is 0 Å². The van der Waals surface area contributed by atoms with Crippen LogP contribution in [0.1, 0.15) is 43.9 Å². The number of hydrogen-bond acceptors (Lipinski definition) is 2. The van der Waals surface area contributed by atoms with Crippen LogP contribution in [0, 0.1) is 6.92 Å². The second kappa shape index (κ2) is 7.20. The smallest absolute Gasteiger partial charge is 0.0346 e. The zero-order chi connectivity index (χ0) is 14.4. The van der Waals surface area contributed by atoms with Crippen LogP contribution in [-0.4, -0.2) is 11.5 Å². The molecule has 1 N–H and O–H groups in total. The summed E-state index contributed by atoms with van der Waals surface area (Å²) in [5, 5.41) is 3.61. The van der Waals surface area contributed by atoms with Gasteiger partial charge in [0.1, 0.15) is 0 Å². The first-order valence-corrected chi connectivity index (χ1v) is 7.50. The summed E-state index contributed by atoms with van der Waals surface area (Å²) in [5.41, 5.74) is 5.00. The zero-order valence-corrected chi connectivity index (χ0v) is 12.7. The van der Waals surface area contributed by atoms with Gasteiger partial charge in [-0.25, -0.2) is 0 Å². The lowest BCUT2D eigenvalue weighted by Crippen LogP contribution is -2.21. The molecular weight excluding hydrogens is 244 g/mol. The lowest BCUT2D eigenvalue weighted by atomic mass is 9.98. The minimum Gasteiger partial charge on any atom is -0.310 e. The fourth-order valence-corrected chi connectivity index (χ4v) is 2.46. The fraction of sp³-hybridized carbons (Fsp3) is 0.389. The lowest BCUT2D eigenvalue weighted by Gasteiger charge is -2.18. The highest BCUT2D eigenvalue weighted by molar-refractivity contribution is 5.64. The second-order valence-corrected chi connectivity index (χ2v) is 5.29. The Labute approximate surface area is 122 Å². The molecule has 1 unspecified atom stereocenters. The van der Waals surface area contributed by atoms with E-state index in [0.717, 1.165) is 19.4 Å². The van der Waals surface area contributed by atoms with Crippen LogP contribution in [0.3, 0.4) is 0 Å². The minimum atomic E-state index is 0.438. The maximum atomic E-state index is 4.29. The SMILES string of the molecule is CCCNC(CC)c1cccc(-c2cncc(C)c2)c1. The maximum Gasteiger partial charge on any atom is 0.0346 e. The van der Waals surface area contributed by atoms with E-state index < -0.39 is 0 Å². The summed E-state index contributed by atoms with van der Waals surface area (Å²) < 4.78 is 0. The first-order chi connectivity index (χ1) is 9.74. The summed E-state index contributed by atoms with van der Waals surface area (Å²) in [7, 11) is 0. The molecule has 106 valence electrons. The lowest BCUT2D eigenvalue weighted by molar-refractivity contribution is 0.518. The molecule has 20 heavy (non-hydrogen) atoms. The van der Waals surface area contributed by atoms with Crippen molar-refractivity contribution in [3.63, 3.8) is 0 Å². The molecule has 0 saturated heterocycles. The topological polar surface area (TPSA) is 24.9 Å². The third kappa shape index (κ3) is 3.67. The Morgan fingerprint density at radius 3 is 2.65 bits per heavy atom. The molecule has 0 aliphatic rings. The van der Waals surface area contributed by atoms with E-state index in [9.17, 15) is 0 Å². The van der Waals surface area contributed by atoms with Gasteiger partial charge in [0.2, 0.25) is 0 Å². The van der Waals surface area contributed by atoms with Gasteiger partial charge in [-0.2, -0.15) is 0 Å². The van der Waals surface area contributed by atoms with Crippen LogP contribution in [0.5, 0.6) is 0 Å². The first kappa shape index (κ1) is 14.7. The van der Waals surface area contributed by atoms with E-state index in [4.69, 9.17) is 0 Å². The van der Waals surface area contributed by atoms with Gasteiger partial charge in [-0.1, -0.05) is 32.0 Å². The van der Waals surface area contributed by atoms with Gasteiger partial charge >= 0.3 is 0 Å². The number of rotatable bonds is 6. The third-order valence-corrected chi connectivity index (χ3v) is 3.55. The number of hydrogen-bond donors (Lipinski definition) is 1. The van der Waals surface area contributed by atoms with Gasteiger partial charge in [-0.3, -0.25) is 4.98 Å². The molecule has 2 heteroatoms. The summed E-state index contributed by atoms with van der Waals surface area (Å²) >= 11 is 0. The van der Waals surface area contributed by atoms with Crippen molar-refractivity contribution >= 4 is 0 Å². The number of nitrogens with one attached hydrogen (secondary N) is 1. The number of nitrogens with zero attached hydrogens (tertiary/aromatic N) is 1. The molecule has 0 aliphatic heterocycles. The van der Waals surface area contributed by atoms with Crippen molar-refractivity contribution < 1.29 is 0 Å². The Kier molecular flexibility index (Phi) is 5.31. The van der Waals surface area contributed by atoms with E-state index in [1.54, 1.807) is 0 Å². The molecule has 0 bridgehead atoms. The van der Waals surface area contributed by atoms with Gasteiger partial charge in [0.15, 0.2) is 0 Å². The molecule has 1 atom stereocenters. The molecule has 2 aromatic rings. The molecule has 0 aliphatic carbocycles. The van der Waals surface area contributed by atoms with Crippen molar-refractivity contribution in [3.8, 4) is 11.1 Å². The van der Waals surface area contributed by atoms with Crippen LogP contribution < -0.4 is 5.32 Å². The van der Waals surface area contributed by atoms with E-state index in [2.05, 4.69) is 61.4 Å². The first-order valence-electron chi connectivity index (χ1n) is 7.50. The molecule has 1 aromatic carbocycles. The van der Waals surface area contributed by atoms with E-state index >= 15 is 0 Å². The van der Waals surface area contributed by atoms with Crippen LogP contribution in [0.2, 0.25) is 0 Å². The third-order valence-electron chi connectivity index (χ3n) is 3.55. The number of aryl methyl sites for hydroxylation is 1. The van der Waals surface area contributed by atoms with Gasteiger partial charge in [0.25, 0.3) is 0 Å². The average molecular weight is 268 g/mol. The fourth-order valence-electron chi connectivity index (χ4n) is 2.46. The molecule has 2 nitrogen and oxygen atoms in total. The second-order valence-electron chi connectivity index (χ2n) is 5.29. The monoisotopic (exact) mass is 268 g/mol. The Bertz CT molecular complexity index is 549. The summed E-state index contributed by atoms with van der Waals surface area (Å²) in [5.74, 6) is 0. The highest BCUT2D eigenvalue weighted by atomic mass is 14.9. The van der Waals surface area contributed by atoms with Gasteiger partial charge in [-0.05, 0) is 55.1 Å². The van der Waals surface area contributed by atoms with Crippen molar-refractivity contribution in [1.29, 1.82) is 0 Å². The van der Waals surface area contributed by atoms with Crippen molar-refractivity contribution in [3.05, 3.63) is 53.9 Å². The maximum absolute atomic E-state index is 4.29. The van der Waals surface area contributed by atoms with E-state index in [1.165, 1.54) is 22.3 Å². The Morgan fingerprint density at radius 1 is 1.10 bits per heavy atom.